The van der Waals surface area contributed by atoms with Crippen molar-refractivity contribution in [2.45, 2.75) is 11.1 Å². The Morgan fingerprint density at radius 3 is 2.09 bits per heavy atom. The normalized spacial score (nSPS) is 18.2. The number of piperazine rings is 1. The summed E-state index contributed by atoms with van der Waals surface area (Å²) < 4.78 is -0.269. The van der Waals surface area contributed by atoms with Crippen LogP contribution in [0.25, 0.3) is 11.3 Å². The van der Waals surface area contributed by atoms with Crippen molar-refractivity contribution < 1.29 is 32.0 Å². The number of hydrogen-bond donors (Lipinski definition) is 1. The molecule has 1 radical (unpaired) electrons. The number of benzene rings is 2. The molecule has 34 heavy (non-hydrogen) atoms. The third-order valence-electron chi connectivity index (χ3n) is 6.38. The second-order valence-corrected chi connectivity index (χ2v) is 9.42. The van der Waals surface area contributed by atoms with Gasteiger partial charge >= 0.3 is 0 Å². The quantitative estimate of drug-likeness (QED) is 0.396. The van der Waals surface area contributed by atoms with Gasteiger partial charge in [-0.3, -0.25) is 9.59 Å². The molecule has 0 aromatic heterocycles. The summed E-state index contributed by atoms with van der Waals surface area (Å²) in [5, 5.41) is 11.9. The van der Waals surface area contributed by atoms with Crippen LogP contribution in [0.3, 0.4) is 0 Å². The number of allylic oxidation sites excluding steroid dienone is 1. The van der Waals surface area contributed by atoms with Crippen molar-refractivity contribution in [3.8, 4) is 6.07 Å². The molecular formula is C25H20AuN4O2S2-2. The molecule has 1 N–H and O–H groups in total. The smallest absolute Gasteiger partial charge is 0.256 e. The number of hydrogen-bond acceptors (Lipinski definition) is 7. The molecule has 1 fully saturated rings. The summed E-state index contributed by atoms with van der Waals surface area (Å²) in [6.07, 6.45) is 0.183. The Balaban J connectivity index is 0.00000274. The summed E-state index contributed by atoms with van der Waals surface area (Å²) in [6, 6.07) is 17.0. The molecule has 6 nitrogen and oxygen atoms in total. The van der Waals surface area contributed by atoms with Gasteiger partial charge in [0.2, 0.25) is 0 Å². The summed E-state index contributed by atoms with van der Waals surface area (Å²) in [5.41, 5.74) is 5.41. The van der Waals surface area contributed by atoms with Crippen molar-refractivity contribution in [1.82, 2.24) is 10.2 Å². The number of anilines is 1. The van der Waals surface area contributed by atoms with Crippen molar-refractivity contribution >= 4 is 53.9 Å². The number of nitriles is 1. The Kier molecular flexibility index (Phi) is 7.43. The molecule has 1 saturated heterocycles. The van der Waals surface area contributed by atoms with E-state index in [9.17, 15) is 9.59 Å². The zero-order valence-corrected chi connectivity index (χ0v) is 21.8. The number of nitrogens with zero attached hydrogens (tertiary/aromatic N) is 3. The van der Waals surface area contributed by atoms with Gasteiger partial charge in [0, 0.05) is 60.7 Å². The minimum atomic E-state index is -0.269. The van der Waals surface area contributed by atoms with Gasteiger partial charge in [-0.15, -0.1) is 0 Å². The fourth-order valence-electron chi connectivity index (χ4n) is 4.62. The zero-order valence-electron chi connectivity index (χ0n) is 18.0. The van der Waals surface area contributed by atoms with Crippen molar-refractivity contribution in [1.29, 1.82) is 5.26 Å². The second-order valence-electron chi connectivity index (χ2n) is 8.22. The van der Waals surface area contributed by atoms with Gasteiger partial charge in [-0.2, -0.15) is 5.26 Å². The maximum Gasteiger partial charge on any atom is 0.256 e. The van der Waals surface area contributed by atoms with Crippen LogP contribution in [0.5, 0.6) is 0 Å². The average molecular weight is 670 g/mol. The number of carbonyl (C=O) groups is 2. The van der Waals surface area contributed by atoms with Gasteiger partial charge in [-0.05, 0) is 41.0 Å². The molecule has 177 valence electrons. The van der Waals surface area contributed by atoms with Crippen LogP contribution in [0, 0.1) is 11.3 Å². The van der Waals surface area contributed by atoms with E-state index in [4.69, 9.17) is 30.5 Å². The SMILES string of the molecule is N#Cc1ccc(C2=C3C(=O)NC(c4ccc(N5CCN(C([S-])[S-])CC5)cc4)=C3C(=O)C2)cc1.[Au]. The fraction of sp³-hybridized carbons (Fsp3) is 0.240. The largest absolute Gasteiger partial charge is 0.800 e. The molecule has 2 heterocycles. The van der Waals surface area contributed by atoms with Gasteiger partial charge in [0.05, 0.1) is 28.5 Å². The van der Waals surface area contributed by atoms with Gasteiger partial charge in [-0.25, -0.2) is 4.71 Å². The van der Waals surface area contributed by atoms with Crippen LogP contribution in [0.1, 0.15) is 23.1 Å². The molecule has 3 aliphatic rings. The molecule has 0 bridgehead atoms. The molecule has 2 aliphatic heterocycles. The molecule has 2 aromatic carbocycles. The fourth-order valence-corrected chi connectivity index (χ4v) is 5.04. The Hall–Kier alpha value is -2.25. The Morgan fingerprint density at radius 1 is 0.882 bits per heavy atom. The topological polar surface area (TPSA) is 76.4 Å². The Bertz CT molecular complexity index is 1240. The number of nitrogens with one attached hydrogen (secondary N) is 1. The van der Waals surface area contributed by atoms with Gasteiger partial charge in [0.15, 0.2) is 5.78 Å². The van der Waals surface area contributed by atoms with Gasteiger partial charge < -0.3 is 40.4 Å². The van der Waals surface area contributed by atoms with Crippen molar-refractivity contribution in [2.75, 3.05) is 31.1 Å². The number of carbonyl (C=O) groups excluding carboxylic acids is 2. The molecule has 2 aromatic rings. The van der Waals surface area contributed by atoms with E-state index < -0.39 is 0 Å². The summed E-state index contributed by atoms with van der Waals surface area (Å²) in [5.74, 6) is -0.326. The third kappa shape index (κ3) is 4.52. The molecule has 0 spiro atoms. The summed E-state index contributed by atoms with van der Waals surface area (Å²) in [4.78, 5) is 30.2. The number of fused-ring (bicyclic) bond motifs is 1. The predicted molar refractivity (Wildman–Crippen MR) is 132 cm³/mol. The standard InChI is InChI=1S/C25H22N4O2S2.Au/c26-14-15-1-3-16(4-2-15)19-13-20(30)22-21(19)24(31)27-23(22)17-5-7-18(8-6-17)28-9-11-29(12-10-28)25(32)33;/h1-8,25,32-33H,9-13H2,(H,27,31);/p-2. The molecule has 9 heteroatoms. The first-order chi connectivity index (χ1) is 16.0. The van der Waals surface area contributed by atoms with Crippen LogP contribution in [0.4, 0.5) is 5.69 Å². The van der Waals surface area contributed by atoms with Crippen LogP contribution in [-0.4, -0.2) is 47.5 Å². The minimum Gasteiger partial charge on any atom is -0.800 e. The van der Waals surface area contributed by atoms with Crippen LogP contribution in [0.2, 0.25) is 0 Å². The third-order valence-corrected chi connectivity index (χ3v) is 6.98. The van der Waals surface area contributed by atoms with Crippen molar-refractivity contribution in [3.05, 3.63) is 76.4 Å². The van der Waals surface area contributed by atoms with E-state index in [1.54, 1.807) is 24.3 Å². The Morgan fingerprint density at radius 2 is 1.50 bits per heavy atom. The molecule has 0 saturated carbocycles. The van der Waals surface area contributed by atoms with Gasteiger partial charge in [0.1, 0.15) is 0 Å². The van der Waals surface area contributed by atoms with E-state index in [-0.39, 0.29) is 45.2 Å². The maximum absolute atomic E-state index is 12.9. The van der Waals surface area contributed by atoms with Gasteiger partial charge in [-0.1, -0.05) is 24.3 Å². The molecule has 0 atom stereocenters. The van der Waals surface area contributed by atoms with Crippen LogP contribution < -0.4 is 10.2 Å². The van der Waals surface area contributed by atoms with E-state index >= 15 is 0 Å². The average Bonchev–Trinajstić information content (AvgIpc) is 3.37. The first-order valence-corrected chi connectivity index (χ1v) is 11.6. The van der Waals surface area contributed by atoms with E-state index in [0.717, 1.165) is 43.0 Å². The molecular weight excluding hydrogens is 649 g/mol. The Labute approximate surface area is 225 Å². The van der Waals surface area contributed by atoms with Crippen molar-refractivity contribution in [2.24, 2.45) is 0 Å². The zero-order chi connectivity index (χ0) is 23.1. The minimum absolute atomic E-state index is 0. The van der Waals surface area contributed by atoms with E-state index in [1.807, 2.05) is 24.3 Å². The first-order valence-electron chi connectivity index (χ1n) is 10.7. The van der Waals surface area contributed by atoms with E-state index in [0.29, 0.717) is 28.0 Å². The van der Waals surface area contributed by atoms with Crippen molar-refractivity contribution in [3.63, 3.8) is 0 Å². The molecule has 0 unspecified atom stereocenters. The van der Waals surface area contributed by atoms with Crippen LogP contribution >= 0.6 is 0 Å². The maximum atomic E-state index is 12.9. The summed E-state index contributed by atoms with van der Waals surface area (Å²) >= 11 is 10.4. The van der Waals surface area contributed by atoms with Gasteiger partial charge in [0.25, 0.3) is 5.91 Å². The first kappa shape index (κ1) is 24.9. The summed E-state index contributed by atoms with van der Waals surface area (Å²) in [7, 11) is 0. The number of ketones is 1. The predicted octanol–water partition coefficient (Wildman–Crippen LogP) is 2.32. The second kappa shape index (κ2) is 10.2. The molecule has 1 aliphatic carbocycles. The monoisotopic (exact) mass is 669 g/mol. The molecule has 1 amide bonds. The number of rotatable bonds is 4. The van der Waals surface area contributed by atoms with Crippen LogP contribution in [0.15, 0.2) is 59.7 Å². The summed E-state index contributed by atoms with van der Waals surface area (Å²) in [6.45, 7) is 3.39. The molecule has 5 rings (SSSR count). The number of amides is 1. The van der Waals surface area contributed by atoms with E-state index in [2.05, 4.69) is 21.2 Å². The number of Topliss-reactive ketones (excluding diaryl/α,β-unsaturated/α-hetero) is 1. The van der Waals surface area contributed by atoms with E-state index in [1.165, 1.54) is 0 Å². The van der Waals surface area contributed by atoms with Crippen LogP contribution in [-0.2, 0) is 57.2 Å².